The van der Waals surface area contributed by atoms with E-state index in [0.29, 0.717) is 12.6 Å². The minimum atomic E-state index is 0.404. The first-order chi connectivity index (χ1) is 10.4. The third kappa shape index (κ3) is 2.62. The standard InChI is InChI=1S/C14H15N5OS/c1-2-13(21-5-1)12-6-11(18-20-12)7-15-10-3-4-14-16-9-17-19(14)8-10/h1-2,5-6,9-10,15H,3-4,7-8H2. The Morgan fingerprint density at radius 1 is 1.48 bits per heavy atom. The minimum Gasteiger partial charge on any atom is -0.355 e. The van der Waals surface area contributed by atoms with E-state index in [1.54, 1.807) is 17.7 Å². The van der Waals surface area contributed by atoms with Gasteiger partial charge in [-0.3, -0.25) is 0 Å². The molecular formula is C14H15N5OS. The second-order valence-electron chi connectivity index (χ2n) is 5.13. The van der Waals surface area contributed by atoms with Gasteiger partial charge in [0.25, 0.3) is 0 Å². The predicted molar refractivity (Wildman–Crippen MR) is 78.8 cm³/mol. The molecule has 1 unspecified atom stereocenters. The molecule has 1 aliphatic heterocycles. The summed E-state index contributed by atoms with van der Waals surface area (Å²) in [6.45, 7) is 1.58. The Morgan fingerprint density at radius 2 is 2.48 bits per heavy atom. The van der Waals surface area contributed by atoms with Crippen molar-refractivity contribution in [2.45, 2.75) is 32.0 Å². The maximum absolute atomic E-state index is 5.39. The van der Waals surface area contributed by atoms with Crippen LogP contribution in [0.5, 0.6) is 0 Å². The molecule has 0 saturated heterocycles. The zero-order chi connectivity index (χ0) is 14.1. The monoisotopic (exact) mass is 301 g/mol. The summed E-state index contributed by atoms with van der Waals surface area (Å²) < 4.78 is 7.36. The summed E-state index contributed by atoms with van der Waals surface area (Å²) in [6.07, 6.45) is 3.67. The molecule has 7 heteroatoms. The number of nitrogens with zero attached hydrogens (tertiary/aromatic N) is 4. The van der Waals surface area contributed by atoms with Crippen LogP contribution in [0.3, 0.4) is 0 Å². The van der Waals surface area contributed by atoms with Crippen molar-refractivity contribution < 1.29 is 4.52 Å². The van der Waals surface area contributed by atoms with Crippen LogP contribution in [0.1, 0.15) is 17.9 Å². The molecule has 0 aromatic carbocycles. The fraction of sp³-hybridized carbons (Fsp3) is 0.357. The topological polar surface area (TPSA) is 68.8 Å². The fourth-order valence-electron chi connectivity index (χ4n) is 2.58. The van der Waals surface area contributed by atoms with Crippen molar-refractivity contribution in [3.8, 4) is 10.6 Å². The Balaban J connectivity index is 1.37. The number of rotatable bonds is 4. The van der Waals surface area contributed by atoms with E-state index in [0.717, 1.165) is 41.5 Å². The summed E-state index contributed by atoms with van der Waals surface area (Å²) in [6, 6.07) is 6.46. The molecule has 3 aromatic heterocycles. The summed E-state index contributed by atoms with van der Waals surface area (Å²) in [5, 5.41) is 13.9. The Labute approximate surface area is 125 Å². The smallest absolute Gasteiger partial charge is 0.177 e. The minimum absolute atomic E-state index is 0.404. The maximum atomic E-state index is 5.39. The highest BCUT2D eigenvalue weighted by molar-refractivity contribution is 7.13. The van der Waals surface area contributed by atoms with E-state index < -0.39 is 0 Å². The van der Waals surface area contributed by atoms with Crippen molar-refractivity contribution in [3.63, 3.8) is 0 Å². The van der Waals surface area contributed by atoms with E-state index in [-0.39, 0.29) is 0 Å². The van der Waals surface area contributed by atoms with E-state index in [4.69, 9.17) is 4.52 Å². The lowest BCUT2D eigenvalue weighted by Crippen LogP contribution is -2.37. The van der Waals surface area contributed by atoms with Crippen LogP contribution in [0, 0.1) is 0 Å². The molecule has 0 radical (unpaired) electrons. The Morgan fingerprint density at radius 3 is 3.38 bits per heavy atom. The SMILES string of the molecule is c1csc(-c2cc(CNC3CCc4ncnn4C3)no2)c1. The molecule has 3 aromatic rings. The highest BCUT2D eigenvalue weighted by atomic mass is 32.1. The molecule has 0 fully saturated rings. The third-order valence-corrected chi connectivity index (χ3v) is 4.58. The summed E-state index contributed by atoms with van der Waals surface area (Å²) >= 11 is 1.66. The Bertz CT molecular complexity index is 717. The quantitative estimate of drug-likeness (QED) is 0.799. The van der Waals surface area contributed by atoms with E-state index in [1.165, 1.54) is 0 Å². The van der Waals surface area contributed by atoms with Crippen molar-refractivity contribution >= 4 is 11.3 Å². The number of nitrogens with one attached hydrogen (secondary N) is 1. The lowest BCUT2D eigenvalue weighted by molar-refractivity contribution is 0.351. The number of aryl methyl sites for hydroxylation is 1. The van der Waals surface area contributed by atoms with Crippen molar-refractivity contribution in [3.05, 3.63) is 41.4 Å². The second-order valence-corrected chi connectivity index (χ2v) is 6.08. The number of hydrogen-bond acceptors (Lipinski definition) is 6. The van der Waals surface area contributed by atoms with Crippen LogP contribution in [0.25, 0.3) is 10.6 Å². The van der Waals surface area contributed by atoms with Gasteiger partial charge in [-0.05, 0) is 17.9 Å². The van der Waals surface area contributed by atoms with Crippen LogP contribution in [-0.2, 0) is 19.5 Å². The van der Waals surface area contributed by atoms with Gasteiger partial charge >= 0.3 is 0 Å². The molecule has 0 amide bonds. The predicted octanol–water partition coefficient (Wildman–Crippen LogP) is 2.10. The molecule has 1 N–H and O–H groups in total. The van der Waals surface area contributed by atoms with Crippen LogP contribution in [0.15, 0.2) is 34.4 Å². The zero-order valence-corrected chi connectivity index (χ0v) is 12.2. The molecule has 0 aliphatic carbocycles. The molecule has 108 valence electrons. The summed E-state index contributed by atoms with van der Waals surface area (Å²) in [4.78, 5) is 5.35. The van der Waals surface area contributed by atoms with E-state index in [9.17, 15) is 0 Å². The maximum Gasteiger partial charge on any atom is 0.177 e. The first-order valence-electron chi connectivity index (χ1n) is 6.98. The number of fused-ring (bicyclic) bond motifs is 1. The molecule has 0 bridgehead atoms. The van der Waals surface area contributed by atoms with Crippen molar-refractivity contribution in [1.29, 1.82) is 0 Å². The molecule has 4 rings (SSSR count). The third-order valence-electron chi connectivity index (χ3n) is 3.70. The van der Waals surface area contributed by atoms with Crippen LogP contribution in [0.2, 0.25) is 0 Å². The van der Waals surface area contributed by atoms with E-state index >= 15 is 0 Å². The summed E-state index contributed by atoms with van der Waals surface area (Å²) in [7, 11) is 0. The zero-order valence-electron chi connectivity index (χ0n) is 11.4. The van der Waals surface area contributed by atoms with Gasteiger partial charge in [0.05, 0.1) is 17.1 Å². The van der Waals surface area contributed by atoms with Gasteiger partial charge in [-0.15, -0.1) is 11.3 Å². The molecule has 1 aliphatic rings. The number of aromatic nitrogens is 4. The number of hydrogen-bond donors (Lipinski definition) is 1. The van der Waals surface area contributed by atoms with Gasteiger partial charge in [0, 0.05) is 25.1 Å². The summed E-state index contributed by atoms with van der Waals surface area (Å²) in [5.41, 5.74) is 0.933. The van der Waals surface area contributed by atoms with Gasteiger partial charge in [-0.2, -0.15) is 5.10 Å². The van der Waals surface area contributed by atoms with Crippen LogP contribution < -0.4 is 5.32 Å². The molecule has 0 spiro atoms. The van der Waals surface area contributed by atoms with Gasteiger partial charge in [0.1, 0.15) is 12.2 Å². The molecule has 4 heterocycles. The van der Waals surface area contributed by atoms with Gasteiger partial charge in [0.2, 0.25) is 0 Å². The lowest BCUT2D eigenvalue weighted by Gasteiger charge is -2.23. The van der Waals surface area contributed by atoms with Gasteiger partial charge < -0.3 is 9.84 Å². The normalized spacial score (nSPS) is 17.8. The Hall–Kier alpha value is -1.99. The van der Waals surface area contributed by atoms with Crippen molar-refractivity contribution in [2.24, 2.45) is 0 Å². The first kappa shape index (κ1) is 12.7. The largest absolute Gasteiger partial charge is 0.355 e. The fourth-order valence-corrected chi connectivity index (χ4v) is 3.26. The number of thiophene rings is 1. The second kappa shape index (κ2) is 5.42. The van der Waals surface area contributed by atoms with Gasteiger partial charge in [0.15, 0.2) is 5.76 Å². The van der Waals surface area contributed by atoms with E-state index in [2.05, 4.69) is 20.6 Å². The van der Waals surface area contributed by atoms with Crippen molar-refractivity contribution in [2.75, 3.05) is 0 Å². The van der Waals surface area contributed by atoms with E-state index in [1.807, 2.05) is 28.3 Å². The van der Waals surface area contributed by atoms with Crippen LogP contribution in [0.4, 0.5) is 0 Å². The van der Waals surface area contributed by atoms with Crippen LogP contribution >= 0.6 is 11.3 Å². The molecule has 1 atom stereocenters. The lowest BCUT2D eigenvalue weighted by atomic mass is 10.1. The molecule has 0 saturated carbocycles. The van der Waals surface area contributed by atoms with Crippen LogP contribution in [-0.4, -0.2) is 26.0 Å². The highest BCUT2D eigenvalue weighted by Gasteiger charge is 2.19. The molecule has 21 heavy (non-hydrogen) atoms. The first-order valence-corrected chi connectivity index (χ1v) is 7.86. The Kier molecular flexibility index (Phi) is 3.28. The summed E-state index contributed by atoms with van der Waals surface area (Å²) in [5.74, 6) is 1.92. The average molecular weight is 301 g/mol. The highest BCUT2D eigenvalue weighted by Crippen LogP contribution is 2.25. The molecule has 6 nitrogen and oxygen atoms in total. The average Bonchev–Trinajstić information content (AvgIpc) is 3.24. The van der Waals surface area contributed by atoms with Gasteiger partial charge in [-0.1, -0.05) is 11.2 Å². The van der Waals surface area contributed by atoms with Crippen molar-refractivity contribution in [1.82, 2.24) is 25.2 Å². The molecular weight excluding hydrogens is 286 g/mol. The van der Waals surface area contributed by atoms with Gasteiger partial charge in [-0.25, -0.2) is 9.67 Å².